The van der Waals surface area contributed by atoms with Crippen molar-refractivity contribution in [1.82, 2.24) is 19.7 Å². The average molecular weight is 346 g/mol. The number of imidazole rings is 1. The summed E-state index contributed by atoms with van der Waals surface area (Å²) >= 11 is 3.33. The third kappa shape index (κ3) is 3.03. The van der Waals surface area contributed by atoms with Gasteiger partial charge in [0.25, 0.3) is 0 Å². The van der Waals surface area contributed by atoms with Crippen molar-refractivity contribution in [3.05, 3.63) is 39.0 Å². The average Bonchev–Trinajstić information content (AvgIpc) is 3.19. The number of fused-ring (bicyclic) bond motifs is 2. The van der Waals surface area contributed by atoms with Gasteiger partial charge in [0.2, 0.25) is 5.91 Å². The van der Waals surface area contributed by atoms with E-state index < -0.39 is 0 Å². The highest BCUT2D eigenvalue weighted by Gasteiger charge is 2.20. The molecule has 0 unspecified atom stereocenters. The fraction of sp³-hybridized carbons (Fsp3) is 0.438. The summed E-state index contributed by atoms with van der Waals surface area (Å²) in [6, 6.07) is -0.0400. The molecule has 3 aromatic heterocycles. The van der Waals surface area contributed by atoms with E-state index in [1.807, 2.05) is 29.1 Å². The van der Waals surface area contributed by atoms with Crippen LogP contribution in [0.2, 0.25) is 0 Å². The summed E-state index contributed by atoms with van der Waals surface area (Å²) in [5.74, 6) is -0.00331. The van der Waals surface area contributed by atoms with Gasteiger partial charge in [0.15, 0.2) is 4.96 Å². The first-order valence-electron chi connectivity index (χ1n) is 7.88. The Morgan fingerprint density at radius 2 is 2.26 bits per heavy atom. The lowest BCUT2D eigenvalue weighted by atomic mass is 10.0. The Morgan fingerprint density at radius 3 is 3.09 bits per heavy atom. The SMILES string of the molecule is C[C@H](NC(=O)Cc1cn2ccsc2n1)c1nc2c(s1)CCCC2. The normalized spacial score (nSPS) is 15.5. The highest BCUT2D eigenvalue weighted by atomic mass is 32.1. The Balaban J connectivity index is 1.41. The number of aromatic nitrogens is 3. The molecular formula is C16H18N4OS2. The van der Waals surface area contributed by atoms with E-state index >= 15 is 0 Å². The number of nitrogens with zero attached hydrogens (tertiary/aromatic N) is 3. The maximum atomic E-state index is 12.3. The standard InChI is InChI=1S/C16H18N4OS2/c1-10(15-19-12-4-2-3-5-13(12)23-15)17-14(21)8-11-9-20-6-7-22-16(20)18-11/h6-7,9-10H,2-5,8H2,1H3,(H,17,21)/t10-/m0/s1. The molecule has 0 fully saturated rings. The van der Waals surface area contributed by atoms with Gasteiger partial charge in [-0.1, -0.05) is 0 Å². The number of carbonyl (C=O) groups is 1. The van der Waals surface area contributed by atoms with E-state index in [-0.39, 0.29) is 11.9 Å². The Kier molecular flexibility index (Phi) is 3.90. The molecule has 4 rings (SSSR count). The Morgan fingerprint density at radius 1 is 1.39 bits per heavy atom. The van der Waals surface area contributed by atoms with Crippen LogP contribution in [0.4, 0.5) is 0 Å². The molecule has 7 heteroatoms. The van der Waals surface area contributed by atoms with Gasteiger partial charge in [-0.3, -0.25) is 9.20 Å². The summed E-state index contributed by atoms with van der Waals surface area (Å²) in [6.45, 7) is 2.01. The van der Waals surface area contributed by atoms with E-state index in [2.05, 4.69) is 10.3 Å². The molecule has 0 bridgehead atoms. The van der Waals surface area contributed by atoms with Crippen molar-refractivity contribution in [3.63, 3.8) is 0 Å². The van der Waals surface area contributed by atoms with E-state index in [0.717, 1.165) is 28.5 Å². The molecule has 0 saturated heterocycles. The van der Waals surface area contributed by atoms with Gasteiger partial charge in [-0.05, 0) is 32.6 Å². The molecule has 0 aromatic carbocycles. The lowest BCUT2D eigenvalue weighted by Gasteiger charge is -2.10. The fourth-order valence-corrected chi connectivity index (χ4v) is 4.81. The van der Waals surface area contributed by atoms with Crippen LogP contribution >= 0.6 is 22.7 Å². The van der Waals surface area contributed by atoms with Crippen molar-refractivity contribution in [2.45, 2.75) is 45.1 Å². The number of hydrogen-bond donors (Lipinski definition) is 1. The van der Waals surface area contributed by atoms with E-state index in [4.69, 9.17) is 4.98 Å². The second-order valence-corrected chi connectivity index (χ2v) is 7.91. The number of nitrogens with one attached hydrogen (secondary N) is 1. The smallest absolute Gasteiger partial charge is 0.226 e. The molecule has 1 N–H and O–H groups in total. The molecule has 1 aliphatic carbocycles. The van der Waals surface area contributed by atoms with Gasteiger partial charge < -0.3 is 5.32 Å². The van der Waals surface area contributed by atoms with Crippen LogP contribution < -0.4 is 5.32 Å². The fourth-order valence-electron chi connectivity index (χ4n) is 2.94. The number of amides is 1. The van der Waals surface area contributed by atoms with Gasteiger partial charge in [0.1, 0.15) is 5.01 Å². The molecular weight excluding hydrogens is 328 g/mol. The predicted octanol–water partition coefficient (Wildman–Crippen LogP) is 3.15. The van der Waals surface area contributed by atoms with Crippen LogP contribution in [0.5, 0.6) is 0 Å². The van der Waals surface area contributed by atoms with Gasteiger partial charge >= 0.3 is 0 Å². The minimum atomic E-state index is -0.0400. The molecule has 0 spiro atoms. The summed E-state index contributed by atoms with van der Waals surface area (Å²) in [5.41, 5.74) is 2.05. The number of thiazole rings is 2. The molecule has 3 heterocycles. The quantitative estimate of drug-likeness (QED) is 0.789. The third-order valence-electron chi connectivity index (χ3n) is 4.09. The van der Waals surface area contributed by atoms with Crippen molar-refractivity contribution in [2.75, 3.05) is 0 Å². The van der Waals surface area contributed by atoms with Gasteiger partial charge in [0, 0.05) is 22.7 Å². The lowest BCUT2D eigenvalue weighted by molar-refractivity contribution is -0.121. The molecule has 3 aromatic rings. The number of aryl methyl sites for hydroxylation is 2. The minimum Gasteiger partial charge on any atom is -0.347 e. The molecule has 5 nitrogen and oxygen atoms in total. The Labute approximate surface area is 142 Å². The van der Waals surface area contributed by atoms with E-state index in [1.165, 1.54) is 23.4 Å². The zero-order chi connectivity index (χ0) is 15.8. The maximum Gasteiger partial charge on any atom is 0.226 e. The zero-order valence-electron chi connectivity index (χ0n) is 12.9. The highest BCUT2D eigenvalue weighted by molar-refractivity contribution is 7.15. The van der Waals surface area contributed by atoms with Crippen molar-refractivity contribution < 1.29 is 4.79 Å². The molecule has 1 atom stereocenters. The van der Waals surface area contributed by atoms with Gasteiger partial charge in [-0.2, -0.15) is 0 Å². The predicted molar refractivity (Wildman–Crippen MR) is 92.1 cm³/mol. The Bertz CT molecular complexity index is 795. The second-order valence-electron chi connectivity index (χ2n) is 5.92. The summed E-state index contributed by atoms with van der Waals surface area (Å²) in [5, 5.41) is 6.06. The van der Waals surface area contributed by atoms with Gasteiger partial charge in [-0.25, -0.2) is 9.97 Å². The molecule has 0 aliphatic heterocycles. The molecule has 1 amide bonds. The van der Waals surface area contributed by atoms with E-state index in [1.54, 1.807) is 22.7 Å². The first-order valence-corrected chi connectivity index (χ1v) is 9.57. The molecule has 23 heavy (non-hydrogen) atoms. The first-order chi connectivity index (χ1) is 11.2. The molecule has 0 radical (unpaired) electrons. The largest absolute Gasteiger partial charge is 0.347 e. The summed E-state index contributed by atoms with van der Waals surface area (Å²) < 4.78 is 1.95. The number of rotatable bonds is 4. The topological polar surface area (TPSA) is 59.3 Å². The first kappa shape index (κ1) is 14.8. The van der Waals surface area contributed by atoms with E-state index in [0.29, 0.717) is 6.42 Å². The van der Waals surface area contributed by atoms with Crippen LogP contribution in [0.25, 0.3) is 4.96 Å². The minimum absolute atomic E-state index is 0.00331. The van der Waals surface area contributed by atoms with Crippen molar-refractivity contribution in [3.8, 4) is 0 Å². The maximum absolute atomic E-state index is 12.3. The van der Waals surface area contributed by atoms with Crippen molar-refractivity contribution >= 4 is 33.5 Å². The summed E-state index contributed by atoms with van der Waals surface area (Å²) in [7, 11) is 0. The summed E-state index contributed by atoms with van der Waals surface area (Å²) in [4.78, 5) is 23.8. The van der Waals surface area contributed by atoms with E-state index in [9.17, 15) is 4.79 Å². The highest BCUT2D eigenvalue weighted by Crippen LogP contribution is 2.29. The van der Waals surface area contributed by atoms with Crippen LogP contribution in [0.15, 0.2) is 17.8 Å². The molecule has 1 aliphatic rings. The summed E-state index contributed by atoms with van der Waals surface area (Å²) in [6.07, 6.45) is 8.89. The van der Waals surface area contributed by atoms with Crippen molar-refractivity contribution in [1.29, 1.82) is 0 Å². The monoisotopic (exact) mass is 346 g/mol. The van der Waals surface area contributed by atoms with Crippen LogP contribution in [0, 0.1) is 0 Å². The van der Waals surface area contributed by atoms with Crippen LogP contribution in [-0.4, -0.2) is 20.3 Å². The number of hydrogen-bond acceptors (Lipinski definition) is 5. The second kappa shape index (κ2) is 6.05. The zero-order valence-corrected chi connectivity index (χ0v) is 14.5. The Hall–Kier alpha value is -1.73. The van der Waals surface area contributed by atoms with Gasteiger partial charge in [0.05, 0.1) is 23.9 Å². The molecule has 0 saturated carbocycles. The lowest BCUT2D eigenvalue weighted by Crippen LogP contribution is -2.28. The van der Waals surface area contributed by atoms with Crippen molar-refractivity contribution in [2.24, 2.45) is 0 Å². The van der Waals surface area contributed by atoms with Crippen LogP contribution in [0.1, 0.15) is 47.1 Å². The third-order valence-corrected chi connectivity index (χ3v) is 6.21. The van der Waals surface area contributed by atoms with Crippen LogP contribution in [0.3, 0.4) is 0 Å². The van der Waals surface area contributed by atoms with Gasteiger partial charge in [-0.15, -0.1) is 22.7 Å². The van der Waals surface area contributed by atoms with Crippen LogP contribution in [-0.2, 0) is 24.1 Å². The number of carbonyl (C=O) groups excluding carboxylic acids is 1. The molecule has 120 valence electrons.